The average molecular weight is 224 g/mol. The van der Waals surface area contributed by atoms with E-state index in [9.17, 15) is 0 Å². The molecule has 1 aromatic heterocycles. The first-order valence-corrected chi connectivity index (χ1v) is 6.58. The number of nitrogens with zero attached hydrogens (tertiary/aromatic N) is 1. The van der Waals surface area contributed by atoms with E-state index in [1.807, 2.05) is 17.5 Å². The third-order valence-corrected chi connectivity index (χ3v) is 4.45. The number of hydrogen-bond donors (Lipinski definition) is 1. The molecule has 0 aliphatic heterocycles. The van der Waals surface area contributed by atoms with Gasteiger partial charge in [0.05, 0.1) is 5.01 Å². The standard InChI is InChI=1S/C12H20N2S/c1-4-11-14-8-10(15-11)7-13-6-9-5-12(9,2)3/h8-9,13H,4-7H2,1-3H3. The Bertz CT molecular complexity index is 330. The fourth-order valence-electron chi connectivity index (χ4n) is 1.89. The third-order valence-electron chi connectivity index (χ3n) is 3.31. The van der Waals surface area contributed by atoms with Crippen molar-refractivity contribution in [2.75, 3.05) is 6.54 Å². The highest BCUT2D eigenvalue weighted by Gasteiger charge is 2.44. The second kappa shape index (κ2) is 4.22. The van der Waals surface area contributed by atoms with Crippen LogP contribution in [-0.4, -0.2) is 11.5 Å². The maximum Gasteiger partial charge on any atom is 0.0925 e. The third kappa shape index (κ3) is 2.79. The molecule has 3 heteroatoms. The first-order valence-electron chi connectivity index (χ1n) is 5.76. The van der Waals surface area contributed by atoms with Gasteiger partial charge in [-0.1, -0.05) is 20.8 Å². The molecule has 1 atom stereocenters. The molecule has 1 heterocycles. The maximum absolute atomic E-state index is 4.36. The minimum absolute atomic E-state index is 0.593. The monoisotopic (exact) mass is 224 g/mol. The van der Waals surface area contributed by atoms with Crippen molar-refractivity contribution in [2.45, 2.75) is 40.2 Å². The van der Waals surface area contributed by atoms with Crippen LogP contribution in [0, 0.1) is 11.3 Å². The van der Waals surface area contributed by atoms with Gasteiger partial charge >= 0.3 is 0 Å². The van der Waals surface area contributed by atoms with Crippen LogP contribution in [0.5, 0.6) is 0 Å². The van der Waals surface area contributed by atoms with Gasteiger partial charge in [-0.05, 0) is 30.7 Å². The van der Waals surface area contributed by atoms with Crippen LogP contribution in [0.4, 0.5) is 0 Å². The van der Waals surface area contributed by atoms with Crippen LogP contribution in [0.2, 0.25) is 0 Å². The summed E-state index contributed by atoms with van der Waals surface area (Å²) in [5, 5.41) is 4.78. The highest BCUT2D eigenvalue weighted by Crippen LogP contribution is 2.50. The Morgan fingerprint density at radius 1 is 1.60 bits per heavy atom. The van der Waals surface area contributed by atoms with Crippen LogP contribution >= 0.6 is 11.3 Å². The summed E-state index contributed by atoms with van der Waals surface area (Å²) in [6.07, 6.45) is 4.44. The number of aromatic nitrogens is 1. The van der Waals surface area contributed by atoms with E-state index in [1.165, 1.54) is 16.3 Å². The van der Waals surface area contributed by atoms with E-state index in [-0.39, 0.29) is 0 Å². The molecule has 1 aromatic rings. The molecule has 0 spiro atoms. The Labute approximate surface area is 96.1 Å². The lowest BCUT2D eigenvalue weighted by molar-refractivity contribution is 0.521. The smallest absolute Gasteiger partial charge is 0.0925 e. The molecule has 1 aliphatic carbocycles. The number of aryl methyl sites for hydroxylation is 1. The van der Waals surface area contributed by atoms with Gasteiger partial charge in [-0.25, -0.2) is 4.98 Å². The zero-order chi connectivity index (χ0) is 10.9. The SMILES string of the molecule is CCc1ncc(CNCC2CC2(C)C)s1. The highest BCUT2D eigenvalue weighted by molar-refractivity contribution is 7.11. The van der Waals surface area contributed by atoms with E-state index in [1.54, 1.807) is 0 Å². The van der Waals surface area contributed by atoms with Crippen LogP contribution in [0.15, 0.2) is 6.20 Å². The Hall–Kier alpha value is -0.410. The summed E-state index contributed by atoms with van der Waals surface area (Å²) in [7, 11) is 0. The van der Waals surface area contributed by atoms with E-state index in [0.29, 0.717) is 5.41 Å². The molecule has 2 nitrogen and oxygen atoms in total. The Kier molecular flexibility index (Phi) is 3.12. The second-order valence-electron chi connectivity index (χ2n) is 5.09. The summed E-state index contributed by atoms with van der Waals surface area (Å²) >= 11 is 1.83. The topological polar surface area (TPSA) is 24.9 Å². The van der Waals surface area contributed by atoms with Gasteiger partial charge in [0, 0.05) is 17.6 Å². The zero-order valence-electron chi connectivity index (χ0n) is 9.84. The van der Waals surface area contributed by atoms with Gasteiger partial charge in [-0.3, -0.25) is 0 Å². The van der Waals surface area contributed by atoms with E-state index in [0.717, 1.165) is 25.4 Å². The molecule has 15 heavy (non-hydrogen) atoms. The Morgan fingerprint density at radius 2 is 2.33 bits per heavy atom. The molecular formula is C12H20N2S. The summed E-state index contributed by atoms with van der Waals surface area (Å²) in [5.41, 5.74) is 0.593. The molecule has 0 aromatic carbocycles. The minimum Gasteiger partial charge on any atom is -0.312 e. The van der Waals surface area contributed by atoms with Crippen LogP contribution in [-0.2, 0) is 13.0 Å². The van der Waals surface area contributed by atoms with Crippen molar-refractivity contribution in [1.29, 1.82) is 0 Å². The zero-order valence-corrected chi connectivity index (χ0v) is 10.7. The van der Waals surface area contributed by atoms with Crippen molar-refractivity contribution < 1.29 is 0 Å². The van der Waals surface area contributed by atoms with E-state index in [4.69, 9.17) is 0 Å². The molecule has 0 radical (unpaired) electrons. The molecule has 0 bridgehead atoms. The summed E-state index contributed by atoms with van der Waals surface area (Å²) in [4.78, 5) is 5.72. The van der Waals surface area contributed by atoms with E-state index >= 15 is 0 Å². The molecule has 0 amide bonds. The molecule has 2 rings (SSSR count). The van der Waals surface area contributed by atoms with Crippen LogP contribution in [0.25, 0.3) is 0 Å². The molecule has 1 saturated carbocycles. The quantitative estimate of drug-likeness (QED) is 0.832. The van der Waals surface area contributed by atoms with Gasteiger partial charge in [0.2, 0.25) is 0 Å². The van der Waals surface area contributed by atoms with Crippen molar-refractivity contribution in [3.63, 3.8) is 0 Å². The maximum atomic E-state index is 4.36. The van der Waals surface area contributed by atoms with Crippen LogP contribution in [0.3, 0.4) is 0 Å². The Balaban J connectivity index is 1.70. The lowest BCUT2D eigenvalue weighted by atomic mass is 10.1. The van der Waals surface area contributed by atoms with Crippen molar-refractivity contribution >= 4 is 11.3 Å². The number of nitrogens with one attached hydrogen (secondary N) is 1. The van der Waals surface area contributed by atoms with Gasteiger partial charge in [-0.15, -0.1) is 11.3 Å². The van der Waals surface area contributed by atoms with Gasteiger partial charge in [-0.2, -0.15) is 0 Å². The predicted molar refractivity (Wildman–Crippen MR) is 65.1 cm³/mol. The summed E-state index contributed by atoms with van der Waals surface area (Å²) in [5.74, 6) is 0.885. The fourth-order valence-corrected chi connectivity index (χ4v) is 2.72. The predicted octanol–water partition coefficient (Wildman–Crippen LogP) is 2.84. The molecule has 84 valence electrons. The second-order valence-corrected chi connectivity index (χ2v) is 6.29. The van der Waals surface area contributed by atoms with Gasteiger partial charge in [0.1, 0.15) is 0 Å². The number of rotatable bonds is 5. The van der Waals surface area contributed by atoms with Crippen molar-refractivity contribution in [2.24, 2.45) is 11.3 Å². The average Bonchev–Trinajstić information content (AvgIpc) is 2.65. The molecule has 1 aliphatic rings. The van der Waals surface area contributed by atoms with Gasteiger partial charge in [0.25, 0.3) is 0 Å². The van der Waals surface area contributed by atoms with E-state index in [2.05, 4.69) is 31.1 Å². The molecule has 1 unspecified atom stereocenters. The normalized spacial score (nSPS) is 23.0. The van der Waals surface area contributed by atoms with Gasteiger partial charge < -0.3 is 5.32 Å². The Morgan fingerprint density at radius 3 is 2.87 bits per heavy atom. The fraction of sp³-hybridized carbons (Fsp3) is 0.750. The first-order chi connectivity index (χ1) is 7.12. The largest absolute Gasteiger partial charge is 0.312 e. The number of hydrogen-bond acceptors (Lipinski definition) is 3. The number of thiazole rings is 1. The molecule has 1 N–H and O–H groups in total. The van der Waals surface area contributed by atoms with Crippen LogP contribution in [0.1, 0.15) is 37.1 Å². The molecular weight excluding hydrogens is 204 g/mol. The summed E-state index contributed by atoms with van der Waals surface area (Å²) in [6, 6.07) is 0. The lowest BCUT2D eigenvalue weighted by Crippen LogP contribution is -2.17. The minimum atomic E-state index is 0.593. The molecule has 0 saturated heterocycles. The van der Waals surface area contributed by atoms with Gasteiger partial charge in [0.15, 0.2) is 0 Å². The van der Waals surface area contributed by atoms with Crippen molar-refractivity contribution in [1.82, 2.24) is 10.3 Å². The summed E-state index contributed by atoms with van der Waals surface area (Å²) in [6.45, 7) is 9.00. The van der Waals surface area contributed by atoms with Crippen molar-refractivity contribution in [3.05, 3.63) is 16.1 Å². The molecule has 1 fully saturated rings. The van der Waals surface area contributed by atoms with Crippen molar-refractivity contribution in [3.8, 4) is 0 Å². The van der Waals surface area contributed by atoms with E-state index < -0.39 is 0 Å². The highest BCUT2D eigenvalue weighted by atomic mass is 32.1. The van der Waals surface area contributed by atoms with Crippen LogP contribution < -0.4 is 5.32 Å². The summed E-state index contributed by atoms with van der Waals surface area (Å²) < 4.78 is 0. The lowest BCUT2D eigenvalue weighted by Gasteiger charge is -2.04. The first kappa shape index (κ1) is 11.1.